The fourth-order valence-electron chi connectivity index (χ4n) is 2.58. The van der Waals surface area contributed by atoms with E-state index in [1.165, 1.54) is 23.9 Å². The minimum Gasteiger partial charge on any atom is -0.361 e. The molecular weight excluding hydrogens is 389 g/mol. The lowest BCUT2D eigenvalue weighted by atomic mass is 10.1. The van der Waals surface area contributed by atoms with Crippen LogP contribution in [0.4, 0.5) is 18.9 Å². The van der Waals surface area contributed by atoms with E-state index >= 15 is 0 Å². The van der Waals surface area contributed by atoms with Crippen molar-refractivity contribution in [2.75, 3.05) is 5.32 Å². The Morgan fingerprint density at radius 3 is 2.39 bits per heavy atom. The number of carbonyl (C=O) groups is 1. The van der Waals surface area contributed by atoms with Gasteiger partial charge in [-0.3, -0.25) is 4.79 Å². The Hall–Kier alpha value is -2.74. The summed E-state index contributed by atoms with van der Waals surface area (Å²) >= 11 is 1.47. The molecule has 146 valence electrons. The Bertz CT molecular complexity index is 962. The number of hydrogen-bond donors (Lipinski definition) is 1. The van der Waals surface area contributed by atoms with Crippen molar-refractivity contribution in [1.82, 2.24) is 5.16 Å². The second-order valence-electron chi connectivity index (χ2n) is 6.12. The van der Waals surface area contributed by atoms with Crippen LogP contribution in [0.15, 0.2) is 57.9 Å². The Kier molecular flexibility index (Phi) is 5.79. The van der Waals surface area contributed by atoms with Gasteiger partial charge in [-0.05, 0) is 50.2 Å². The highest BCUT2D eigenvalue weighted by atomic mass is 32.2. The lowest BCUT2D eigenvalue weighted by molar-refractivity contribution is -0.137. The number of hydrogen-bond acceptors (Lipinski definition) is 4. The number of nitrogens with zero attached hydrogens (tertiary/aromatic N) is 1. The average Bonchev–Trinajstić information content (AvgIpc) is 2.98. The fourth-order valence-corrected chi connectivity index (χ4v) is 3.78. The summed E-state index contributed by atoms with van der Waals surface area (Å²) < 4.78 is 43.1. The van der Waals surface area contributed by atoms with Crippen LogP contribution in [0.1, 0.15) is 32.9 Å². The number of amides is 1. The molecule has 0 atom stereocenters. The third kappa shape index (κ3) is 4.56. The fraction of sp³-hybridized carbons (Fsp3) is 0.200. The van der Waals surface area contributed by atoms with Gasteiger partial charge in [-0.25, -0.2) is 0 Å². The Morgan fingerprint density at radius 1 is 1.11 bits per heavy atom. The van der Waals surface area contributed by atoms with E-state index in [4.69, 9.17) is 4.52 Å². The third-order valence-electron chi connectivity index (χ3n) is 4.16. The zero-order valence-electron chi connectivity index (χ0n) is 15.1. The number of alkyl halides is 3. The van der Waals surface area contributed by atoms with E-state index in [0.717, 1.165) is 34.0 Å². The van der Waals surface area contributed by atoms with Gasteiger partial charge in [-0.1, -0.05) is 17.3 Å². The molecular formula is C20H17F3N2O2S. The van der Waals surface area contributed by atoms with Crippen molar-refractivity contribution >= 4 is 23.4 Å². The van der Waals surface area contributed by atoms with E-state index < -0.39 is 11.7 Å². The molecule has 3 aromatic rings. The maximum absolute atomic E-state index is 12.7. The first-order chi connectivity index (χ1) is 13.3. The predicted molar refractivity (Wildman–Crippen MR) is 101 cm³/mol. The maximum atomic E-state index is 12.7. The number of halogens is 3. The number of thioether (sulfide) groups is 1. The van der Waals surface area contributed by atoms with Crippen molar-refractivity contribution in [2.24, 2.45) is 0 Å². The van der Waals surface area contributed by atoms with E-state index in [1.807, 2.05) is 26.0 Å². The molecule has 0 aliphatic carbocycles. The molecule has 1 heterocycles. The van der Waals surface area contributed by atoms with E-state index in [-0.39, 0.29) is 5.91 Å². The predicted octanol–water partition coefficient (Wildman–Crippen LogP) is 5.85. The van der Waals surface area contributed by atoms with Crippen LogP contribution < -0.4 is 5.32 Å². The van der Waals surface area contributed by atoms with Crippen LogP contribution in [0.3, 0.4) is 0 Å². The molecule has 0 aliphatic rings. The van der Waals surface area contributed by atoms with Crippen LogP contribution >= 0.6 is 11.8 Å². The first kappa shape index (κ1) is 20.0. The summed E-state index contributed by atoms with van der Waals surface area (Å²) in [5, 5.41) is 6.56. The van der Waals surface area contributed by atoms with Gasteiger partial charge in [0.15, 0.2) is 0 Å². The number of anilines is 1. The Balaban J connectivity index is 1.74. The van der Waals surface area contributed by atoms with Crippen molar-refractivity contribution in [3.63, 3.8) is 0 Å². The molecule has 2 aromatic carbocycles. The summed E-state index contributed by atoms with van der Waals surface area (Å²) in [6, 6.07) is 11.4. The van der Waals surface area contributed by atoms with Crippen LogP contribution in [0.2, 0.25) is 0 Å². The summed E-state index contributed by atoms with van der Waals surface area (Å²) in [4.78, 5) is 13.4. The number of benzene rings is 2. The van der Waals surface area contributed by atoms with Gasteiger partial charge < -0.3 is 9.84 Å². The molecule has 28 heavy (non-hydrogen) atoms. The highest BCUT2D eigenvalue weighted by Gasteiger charge is 2.30. The minimum absolute atomic E-state index is 0.295. The molecule has 0 bridgehead atoms. The quantitative estimate of drug-likeness (QED) is 0.540. The smallest absolute Gasteiger partial charge is 0.361 e. The van der Waals surface area contributed by atoms with Gasteiger partial charge in [0.1, 0.15) is 5.76 Å². The van der Waals surface area contributed by atoms with Gasteiger partial charge >= 0.3 is 6.18 Å². The monoisotopic (exact) mass is 406 g/mol. The van der Waals surface area contributed by atoms with Gasteiger partial charge in [0.25, 0.3) is 5.91 Å². The van der Waals surface area contributed by atoms with Crippen LogP contribution in [0.25, 0.3) is 0 Å². The maximum Gasteiger partial charge on any atom is 0.416 e. The summed E-state index contributed by atoms with van der Waals surface area (Å²) in [6.07, 6.45) is -4.41. The SMILES string of the molecule is Cc1noc(C)c1CSc1ccccc1C(=O)Nc1ccc(C(F)(F)F)cc1. The number of nitrogens with one attached hydrogen (secondary N) is 1. The molecule has 1 N–H and O–H groups in total. The van der Waals surface area contributed by atoms with Gasteiger partial charge in [0.05, 0.1) is 16.8 Å². The molecule has 0 unspecified atom stereocenters. The molecule has 1 amide bonds. The van der Waals surface area contributed by atoms with Crippen molar-refractivity contribution < 1.29 is 22.5 Å². The number of carbonyl (C=O) groups excluding carboxylic acids is 1. The minimum atomic E-state index is -4.41. The van der Waals surface area contributed by atoms with E-state index in [1.54, 1.807) is 12.1 Å². The Labute approximate surface area is 164 Å². The topological polar surface area (TPSA) is 55.1 Å². The van der Waals surface area contributed by atoms with Gasteiger partial charge in [0.2, 0.25) is 0 Å². The Morgan fingerprint density at radius 2 is 1.79 bits per heavy atom. The van der Waals surface area contributed by atoms with Gasteiger partial charge in [-0.2, -0.15) is 13.2 Å². The molecule has 4 nitrogen and oxygen atoms in total. The first-order valence-corrected chi connectivity index (χ1v) is 9.36. The summed E-state index contributed by atoms with van der Waals surface area (Å²) in [5.41, 5.74) is 1.75. The molecule has 3 rings (SSSR count). The summed E-state index contributed by atoms with van der Waals surface area (Å²) in [5.74, 6) is 0.935. The second-order valence-corrected chi connectivity index (χ2v) is 7.13. The highest BCUT2D eigenvalue weighted by Crippen LogP contribution is 2.31. The molecule has 0 saturated heterocycles. The van der Waals surface area contributed by atoms with Crippen molar-refractivity contribution in [1.29, 1.82) is 0 Å². The average molecular weight is 406 g/mol. The highest BCUT2D eigenvalue weighted by molar-refractivity contribution is 7.98. The van der Waals surface area contributed by atoms with Crippen molar-refractivity contribution in [3.8, 4) is 0 Å². The molecule has 1 aromatic heterocycles. The third-order valence-corrected chi connectivity index (χ3v) is 5.26. The lowest BCUT2D eigenvalue weighted by Crippen LogP contribution is -2.13. The molecule has 0 aliphatic heterocycles. The largest absolute Gasteiger partial charge is 0.416 e. The van der Waals surface area contributed by atoms with Crippen LogP contribution in [0.5, 0.6) is 0 Å². The first-order valence-electron chi connectivity index (χ1n) is 8.38. The molecule has 0 radical (unpaired) electrons. The zero-order chi connectivity index (χ0) is 20.3. The molecule has 0 saturated carbocycles. The van der Waals surface area contributed by atoms with Crippen LogP contribution in [-0.2, 0) is 11.9 Å². The molecule has 0 fully saturated rings. The van der Waals surface area contributed by atoms with Crippen LogP contribution in [-0.4, -0.2) is 11.1 Å². The van der Waals surface area contributed by atoms with E-state index in [2.05, 4.69) is 10.5 Å². The van der Waals surface area contributed by atoms with Crippen LogP contribution in [0, 0.1) is 13.8 Å². The zero-order valence-corrected chi connectivity index (χ0v) is 15.9. The number of aromatic nitrogens is 1. The normalized spacial score (nSPS) is 11.5. The number of rotatable bonds is 5. The molecule has 8 heteroatoms. The molecule has 0 spiro atoms. The van der Waals surface area contributed by atoms with E-state index in [9.17, 15) is 18.0 Å². The van der Waals surface area contributed by atoms with Crippen molar-refractivity contribution in [2.45, 2.75) is 30.7 Å². The lowest BCUT2D eigenvalue weighted by Gasteiger charge is -2.11. The summed E-state index contributed by atoms with van der Waals surface area (Å²) in [7, 11) is 0. The van der Waals surface area contributed by atoms with Crippen molar-refractivity contribution in [3.05, 3.63) is 76.7 Å². The number of aryl methyl sites for hydroxylation is 2. The van der Waals surface area contributed by atoms with E-state index in [0.29, 0.717) is 17.0 Å². The van der Waals surface area contributed by atoms with Gasteiger partial charge in [-0.15, -0.1) is 11.8 Å². The second kappa shape index (κ2) is 8.10. The summed E-state index contributed by atoms with van der Waals surface area (Å²) in [6.45, 7) is 3.69. The van der Waals surface area contributed by atoms with Gasteiger partial charge in [0, 0.05) is 21.9 Å². The standard InChI is InChI=1S/C20H17F3N2O2S/c1-12-17(13(2)27-25-12)11-28-18-6-4-3-5-16(18)19(26)24-15-9-7-14(8-10-15)20(21,22)23/h3-10H,11H2,1-2H3,(H,24,26).